The van der Waals surface area contributed by atoms with Crippen molar-refractivity contribution in [3.63, 3.8) is 0 Å². The molecule has 35 heavy (non-hydrogen) atoms. The van der Waals surface area contributed by atoms with E-state index in [-0.39, 0.29) is 5.91 Å². The van der Waals surface area contributed by atoms with Crippen molar-refractivity contribution >= 4 is 40.5 Å². The molecule has 3 aromatic rings. The van der Waals surface area contributed by atoms with Gasteiger partial charge in [0.2, 0.25) is 0 Å². The first-order valence-electron chi connectivity index (χ1n) is 11.9. The topological polar surface area (TPSA) is 59.7 Å². The van der Waals surface area contributed by atoms with Crippen LogP contribution in [0.1, 0.15) is 32.3 Å². The lowest BCUT2D eigenvalue weighted by Crippen LogP contribution is -2.37. The maximum atomic E-state index is 12.8. The van der Waals surface area contributed by atoms with Crippen molar-refractivity contribution in [2.45, 2.75) is 26.7 Å². The number of hydrogen-bond acceptors (Lipinski definition) is 5. The van der Waals surface area contributed by atoms with E-state index < -0.39 is 0 Å². The summed E-state index contributed by atoms with van der Waals surface area (Å²) in [5.41, 5.74) is 3.34. The van der Waals surface area contributed by atoms with Crippen LogP contribution in [-0.2, 0) is 4.79 Å². The number of nitrogens with zero attached hydrogens (tertiary/aromatic N) is 4. The van der Waals surface area contributed by atoms with Crippen molar-refractivity contribution in [1.29, 1.82) is 0 Å². The second-order valence-corrected chi connectivity index (χ2v) is 10.2. The maximum Gasteiger partial charge on any atom is 0.286 e. The molecule has 5 rings (SSSR count). The number of benzene rings is 2. The van der Waals surface area contributed by atoms with E-state index in [9.17, 15) is 4.79 Å². The molecule has 2 aliphatic heterocycles. The highest BCUT2D eigenvalue weighted by molar-refractivity contribution is 8.18. The Bertz CT molecular complexity index is 1300. The summed E-state index contributed by atoms with van der Waals surface area (Å²) in [7, 11) is 0. The van der Waals surface area contributed by atoms with Crippen LogP contribution in [0.2, 0.25) is 5.02 Å². The molecule has 1 fully saturated rings. The molecule has 3 heterocycles. The number of hydrogen-bond donors (Lipinski definition) is 0. The zero-order chi connectivity index (χ0) is 24.4. The predicted octanol–water partition coefficient (Wildman–Crippen LogP) is 6.29. The van der Waals surface area contributed by atoms with E-state index >= 15 is 0 Å². The summed E-state index contributed by atoms with van der Waals surface area (Å²) in [5.74, 6) is 1.04. The van der Waals surface area contributed by atoms with Gasteiger partial charge in [-0.3, -0.25) is 4.79 Å². The molecule has 0 saturated carbocycles. The highest BCUT2D eigenvalue weighted by Gasteiger charge is 2.29. The number of carbonyl (C=O) groups is 1. The highest BCUT2D eigenvalue weighted by Crippen LogP contribution is 2.36. The summed E-state index contributed by atoms with van der Waals surface area (Å²) in [5, 5.41) is 6.18. The lowest BCUT2D eigenvalue weighted by Gasteiger charge is -2.31. The lowest BCUT2D eigenvalue weighted by molar-refractivity contribution is -0.113. The van der Waals surface area contributed by atoms with Gasteiger partial charge >= 0.3 is 0 Å². The summed E-state index contributed by atoms with van der Waals surface area (Å²) in [4.78, 5) is 20.0. The molecular formula is C27H27ClN4O2S. The normalized spacial score (nSPS) is 19.3. The fraction of sp³-hybridized carbons (Fsp3) is 0.296. The van der Waals surface area contributed by atoms with Crippen LogP contribution < -0.4 is 4.74 Å². The molecule has 2 aliphatic rings. The lowest BCUT2D eigenvalue weighted by atomic mass is 10.0. The summed E-state index contributed by atoms with van der Waals surface area (Å²) < 4.78 is 7.42. The standard InChI is InChI=1S/C27H27ClN4O2S/c1-3-34-23-12-11-19(14-22(23)28)25-20(17-32(30-25)21-9-5-4-6-10-21)15-24-26(33)29-27(35-24)31-13-7-8-18(2)16-31/h4-6,9-12,14-15,17-18H,3,7-8,13,16H2,1-2H3. The minimum absolute atomic E-state index is 0.202. The molecule has 2 aromatic carbocycles. The van der Waals surface area contributed by atoms with Gasteiger partial charge in [0.15, 0.2) is 5.17 Å². The molecule has 1 amide bonds. The van der Waals surface area contributed by atoms with Crippen LogP contribution in [0.5, 0.6) is 5.75 Å². The van der Waals surface area contributed by atoms with Crippen LogP contribution in [0.15, 0.2) is 64.6 Å². The second-order valence-electron chi connectivity index (χ2n) is 8.79. The monoisotopic (exact) mass is 506 g/mol. The van der Waals surface area contributed by atoms with Gasteiger partial charge in [0.1, 0.15) is 11.4 Å². The van der Waals surface area contributed by atoms with Crippen molar-refractivity contribution < 1.29 is 9.53 Å². The fourth-order valence-corrected chi connectivity index (χ4v) is 5.56. The zero-order valence-electron chi connectivity index (χ0n) is 19.8. The van der Waals surface area contributed by atoms with Gasteiger partial charge < -0.3 is 9.64 Å². The van der Waals surface area contributed by atoms with Crippen molar-refractivity contribution in [2.75, 3.05) is 19.7 Å². The number of carbonyl (C=O) groups excluding carboxylic acids is 1. The Hall–Kier alpha value is -3.03. The number of ether oxygens (including phenoxy) is 1. The van der Waals surface area contributed by atoms with Crippen LogP contribution in [0.25, 0.3) is 23.0 Å². The molecule has 0 spiro atoms. The van der Waals surface area contributed by atoms with Gasteiger partial charge in [-0.05, 0) is 73.9 Å². The van der Waals surface area contributed by atoms with E-state index in [1.807, 2.05) is 72.4 Å². The van der Waals surface area contributed by atoms with Crippen LogP contribution in [0.4, 0.5) is 0 Å². The van der Waals surface area contributed by atoms with E-state index in [4.69, 9.17) is 21.4 Å². The Morgan fingerprint density at radius 2 is 2.06 bits per heavy atom. The fourth-order valence-electron chi connectivity index (χ4n) is 4.39. The third-order valence-electron chi connectivity index (χ3n) is 6.09. The zero-order valence-corrected chi connectivity index (χ0v) is 21.4. The molecule has 1 aromatic heterocycles. The van der Waals surface area contributed by atoms with Gasteiger partial charge in [0.25, 0.3) is 5.91 Å². The number of thioether (sulfide) groups is 1. The number of likely N-dealkylation sites (tertiary alicyclic amines) is 1. The van der Waals surface area contributed by atoms with Crippen molar-refractivity contribution in [2.24, 2.45) is 10.9 Å². The van der Waals surface area contributed by atoms with Gasteiger partial charge in [-0.2, -0.15) is 10.1 Å². The molecular weight excluding hydrogens is 480 g/mol. The summed E-state index contributed by atoms with van der Waals surface area (Å²) >= 11 is 7.94. The van der Waals surface area contributed by atoms with Gasteiger partial charge in [-0.15, -0.1) is 0 Å². The SMILES string of the molecule is CCOc1ccc(-c2nn(-c3ccccc3)cc2C=C2SC(N3CCCC(C)C3)=NC2=O)cc1Cl. The summed E-state index contributed by atoms with van der Waals surface area (Å²) in [6.45, 7) is 6.59. The average molecular weight is 507 g/mol. The van der Waals surface area contributed by atoms with Crippen LogP contribution in [0.3, 0.4) is 0 Å². The number of amides is 1. The van der Waals surface area contributed by atoms with E-state index in [0.29, 0.717) is 28.2 Å². The van der Waals surface area contributed by atoms with Crippen molar-refractivity contribution in [1.82, 2.24) is 14.7 Å². The molecule has 0 N–H and O–H groups in total. The van der Waals surface area contributed by atoms with Crippen molar-refractivity contribution in [3.05, 3.63) is 70.2 Å². The minimum atomic E-state index is -0.202. The minimum Gasteiger partial charge on any atom is -0.492 e. The summed E-state index contributed by atoms with van der Waals surface area (Å²) in [6, 6.07) is 15.5. The number of aliphatic imine (C=N–C) groups is 1. The smallest absolute Gasteiger partial charge is 0.286 e. The average Bonchev–Trinajstić information content (AvgIpc) is 3.45. The molecule has 1 atom stereocenters. The number of aromatic nitrogens is 2. The first-order chi connectivity index (χ1) is 17.0. The molecule has 6 nitrogen and oxygen atoms in total. The van der Waals surface area contributed by atoms with E-state index in [1.54, 1.807) is 0 Å². The second kappa shape index (κ2) is 10.3. The van der Waals surface area contributed by atoms with Gasteiger partial charge in [-0.25, -0.2) is 4.68 Å². The molecule has 1 unspecified atom stereocenters. The molecule has 0 bridgehead atoms. The number of piperidine rings is 1. The Labute approximate surface area is 214 Å². The Balaban J connectivity index is 1.51. The number of amidine groups is 1. The number of para-hydroxylation sites is 1. The number of halogens is 1. The van der Waals surface area contributed by atoms with Crippen LogP contribution in [-0.4, -0.2) is 45.5 Å². The summed E-state index contributed by atoms with van der Waals surface area (Å²) in [6.07, 6.45) is 6.18. The van der Waals surface area contributed by atoms with Crippen LogP contribution >= 0.6 is 23.4 Å². The van der Waals surface area contributed by atoms with Gasteiger partial charge in [-0.1, -0.05) is 36.7 Å². The predicted molar refractivity (Wildman–Crippen MR) is 143 cm³/mol. The quantitative estimate of drug-likeness (QED) is 0.380. The third-order valence-corrected chi connectivity index (χ3v) is 7.43. The van der Waals surface area contributed by atoms with Crippen LogP contribution in [0, 0.1) is 5.92 Å². The van der Waals surface area contributed by atoms with E-state index in [0.717, 1.165) is 47.2 Å². The molecule has 8 heteroatoms. The Morgan fingerprint density at radius 3 is 2.80 bits per heavy atom. The largest absolute Gasteiger partial charge is 0.492 e. The Morgan fingerprint density at radius 1 is 1.23 bits per heavy atom. The number of rotatable bonds is 5. The van der Waals surface area contributed by atoms with Gasteiger partial charge in [0, 0.05) is 30.4 Å². The van der Waals surface area contributed by atoms with E-state index in [2.05, 4.69) is 16.8 Å². The molecule has 0 radical (unpaired) electrons. The van der Waals surface area contributed by atoms with Crippen molar-refractivity contribution in [3.8, 4) is 22.7 Å². The maximum absolute atomic E-state index is 12.8. The Kier molecular flexibility index (Phi) is 6.97. The first-order valence-corrected chi connectivity index (χ1v) is 13.1. The molecule has 0 aliphatic carbocycles. The van der Waals surface area contributed by atoms with E-state index in [1.165, 1.54) is 18.2 Å². The molecule has 180 valence electrons. The first kappa shape index (κ1) is 23.7. The van der Waals surface area contributed by atoms with Gasteiger partial charge in [0.05, 0.1) is 22.2 Å². The highest BCUT2D eigenvalue weighted by atomic mass is 35.5. The molecule has 1 saturated heterocycles. The third kappa shape index (κ3) is 5.16.